The van der Waals surface area contributed by atoms with Crippen molar-refractivity contribution in [3.05, 3.63) is 77.9 Å². The number of anilines is 1. The summed E-state index contributed by atoms with van der Waals surface area (Å²) >= 11 is 0. The van der Waals surface area contributed by atoms with E-state index in [-0.39, 0.29) is 23.7 Å². The van der Waals surface area contributed by atoms with Gasteiger partial charge in [-0.3, -0.25) is 9.69 Å². The second-order valence-electron chi connectivity index (χ2n) is 10.1. The number of aliphatic hydroxyl groups is 1. The van der Waals surface area contributed by atoms with E-state index in [2.05, 4.69) is 0 Å². The standard InChI is InChI=1S/C28H32FN3O2/c1-28(2,3)27(34)32(18-19-8-5-4-6-9-19)26-25(21-10-7-11-22(29)16-21)31-24(17-30-26)20-12-14-23(33)15-13-20/h4-11,16-17,20,23,33H,12-15,18H2,1-3H3. The minimum Gasteiger partial charge on any atom is -0.393 e. The summed E-state index contributed by atoms with van der Waals surface area (Å²) in [6, 6.07) is 16.0. The van der Waals surface area contributed by atoms with Crippen LogP contribution in [0.25, 0.3) is 11.3 Å². The van der Waals surface area contributed by atoms with Gasteiger partial charge in [0.15, 0.2) is 5.82 Å². The van der Waals surface area contributed by atoms with E-state index in [1.54, 1.807) is 23.2 Å². The lowest BCUT2D eigenvalue weighted by Gasteiger charge is -2.31. The highest BCUT2D eigenvalue weighted by Crippen LogP contribution is 2.36. The van der Waals surface area contributed by atoms with Crippen molar-refractivity contribution in [3.8, 4) is 11.3 Å². The normalized spacial score (nSPS) is 18.5. The van der Waals surface area contributed by atoms with Gasteiger partial charge in [0.05, 0.1) is 24.5 Å². The minimum absolute atomic E-state index is 0.0863. The van der Waals surface area contributed by atoms with Gasteiger partial charge in [-0.15, -0.1) is 0 Å². The molecule has 2 aromatic carbocycles. The van der Waals surface area contributed by atoms with Gasteiger partial charge in [-0.2, -0.15) is 0 Å². The molecule has 0 unspecified atom stereocenters. The molecule has 0 atom stereocenters. The Morgan fingerprint density at radius 3 is 2.41 bits per heavy atom. The zero-order valence-electron chi connectivity index (χ0n) is 20.0. The summed E-state index contributed by atoms with van der Waals surface area (Å²) in [6.45, 7) is 5.97. The van der Waals surface area contributed by atoms with Crippen molar-refractivity contribution in [1.29, 1.82) is 0 Å². The second kappa shape index (κ2) is 10.0. The molecule has 1 saturated carbocycles. The van der Waals surface area contributed by atoms with Crippen molar-refractivity contribution in [3.63, 3.8) is 0 Å². The number of carbonyl (C=O) groups is 1. The highest BCUT2D eigenvalue weighted by atomic mass is 19.1. The summed E-state index contributed by atoms with van der Waals surface area (Å²) in [4.78, 5) is 25.0. The van der Waals surface area contributed by atoms with Crippen LogP contribution >= 0.6 is 0 Å². The van der Waals surface area contributed by atoms with Crippen LogP contribution in [-0.2, 0) is 11.3 Å². The van der Waals surface area contributed by atoms with Gasteiger partial charge in [0.25, 0.3) is 0 Å². The summed E-state index contributed by atoms with van der Waals surface area (Å²) < 4.78 is 14.2. The molecule has 0 radical (unpaired) electrons. The van der Waals surface area contributed by atoms with Crippen LogP contribution in [0, 0.1) is 11.2 Å². The van der Waals surface area contributed by atoms with Gasteiger partial charge in [-0.25, -0.2) is 14.4 Å². The van der Waals surface area contributed by atoms with Gasteiger partial charge >= 0.3 is 0 Å². The number of aromatic nitrogens is 2. The van der Waals surface area contributed by atoms with Crippen LogP contribution in [0.3, 0.4) is 0 Å². The maximum absolute atomic E-state index is 14.2. The Morgan fingerprint density at radius 2 is 1.76 bits per heavy atom. The first-order chi connectivity index (χ1) is 16.2. The lowest BCUT2D eigenvalue weighted by molar-refractivity contribution is -0.126. The van der Waals surface area contributed by atoms with Gasteiger partial charge in [-0.1, -0.05) is 63.2 Å². The topological polar surface area (TPSA) is 66.3 Å². The highest BCUT2D eigenvalue weighted by molar-refractivity contribution is 5.98. The summed E-state index contributed by atoms with van der Waals surface area (Å²) in [5, 5.41) is 9.91. The van der Waals surface area contributed by atoms with E-state index >= 15 is 0 Å². The molecule has 1 aliphatic rings. The predicted octanol–water partition coefficient (Wildman–Crippen LogP) is 5.88. The second-order valence-corrected chi connectivity index (χ2v) is 10.1. The number of halogens is 1. The maximum Gasteiger partial charge on any atom is 0.233 e. The van der Waals surface area contributed by atoms with Crippen LogP contribution in [-0.4, -0.2) is 27.1 Å². The number of carbonyl (C=O) groups excluding carboxylic acids is 1. The largest absolute Gasteiger partial charge is 0.393 e. The molecule has 178 valence electrons. The number of nitrogens with zero attached hydrogens (tertiary/aromatic N) is 3. The zero-order valence-corrected chi connectivity index (χ0v) is 20.0. The molecule has 1 amide bonds. The molecule has 1 N–H and O–H groups in total. The van der Waals surface area contributed by atoms with Crippen LogP contribution in [0.5, 0.6) is 0 Å². The van der Waals surface area contributed by atoms with Gasteiger partial charge in [0.1, 0.15) is 11.5 Å². The average molecular weight is 462 g/mol. The molecule has 1 heterocycles. The molecule has 0 saturated heterocycles. The van der Waals surface area contributed by atoms with Crippen LogP contribution in [0.4, 0.5) is 10.2 Å². The fourth-order valence-corrected chi connectivity index (χ4v) is 4.41. The molecule has 4 rings (SSSR count). The number of hydrogen-bond donors (Lipinski definition) is 1. The third-order valence-electron chi connectivity index (χ3n) is 6.31. The Kier molecular flexibility index (Phi) is 7.08. The van der Waals surface area contributed by atoms with Gasteiger partial charge in [0, 0.05) is 16.9 Å². The molecule has 5 nitrogen and oxygen atoms in total. The molecule has 0 aliphatic heterocycles. The van der Waals surface area contributed by atoms with Crippen molar-refractivity contribution < 1.29 is 14.3 Å². The minimum atomic E-state index is -0.645. The van der Waals surface area contributed by atoms with E-state index in [9.17, 15) is 14.3 Å². The van der Waals surface area contributed by atoms with Crippen molar-refractivity contribution in [1.82, 2.24) is 9.97 Å². The fourth-order valence-electron chi connectivity index (χ4n) is 4.41. The third kappa shape index (κ3) is 5.50. The smallest absolute Gasteiger partial charge is 0.233 e. The predicted molar refractivity (Wildman–Crippen MR) is 132 cm³/mol. The van der Waals surface area contributed by atoms with Gasteiger partial charge in [0.2, 0.25) is 5.91 Å². The summed E-state index contributed by atoms with van der Waals surface area (Å²) in [5.41, 5.74) is 2.22. The van der Waals surface area contributed by atoms with Crippen molar-refractivity contribution in [2.45, 2.75) is 65.0 Å². The first-order valence-corrected chi connectivity index (χ1v) is 11.9. The molecule has 1 fully saturated rings. The molecule has 1 aromatic heterocycles. The number of hydrogen-bond acceptors (Lipinski definition) is 4. The van der Waals surface area contributed by atoms with Crippen LogP contribution < -0.4 is 4.90 Å². The monoisotopic (exact) mass is 461 g/mol. The van der Waals surface area contributed by atoms with Crippen LogP contribution in [0.2, 0.25) is 0 Å². The number of benzene rings is 2. The molecular weight excluding hydrogens is 429 g/mol. The fraction of sp³-hybridized carbons (Fsp3) is 0.393. The molecular formula is C28H32FN3O2. The quantitative estimate of drug-likeness (QED) is 0.515. The first kappa shape index (κ1) is 24.0. The Morgan fingerprint density at radius 1 is 1.06 bits per heavy atom. The van der Waals surface area contributed by atoms with E-state index in [0.717, 1.165) is 36.9 Å². The Balaban J connectivity index is 1.83. The van der Waals surface area contributed by atoms with E-state index in [1.807, 2.05) is 51.1 Å². The van der Waals surface area contributed by atoms with Crippen molar-refractivity contribution in [2.24, 2.45) is 5.41 Å². The van der Waals surface area contributed by atoms with Crippen molar-refractivity contribution >= 4 is 11.7 Å². The van der Waals surface area contributed by atoms with E-state index < -0.39 is 5.41 Å². The highest BCUT2D eigenvalue weighted by Gasteiger charge is 2.32. The first-order valence-electron chi connectivity index (χ1n) is 11.9. The Bertz CT molecular complexity index is 1140. The number of aliphatic hydroxyl groups excluding tert-OH is 1. The Hall–Kier alpha value is -3.12. The molecule has 1 aliphatic carbocycles. The van der Waals surface area contributed by atoms with E-state index in [1.165, 1.54) is 12.1 Å². The zero-order chi connectivity index (χ0) is 24.3. The van der Waals surface area contributed by atoms with Gasteiger partial charge in [-0.05, 0) is 43.4 Å². The Labute approximate surface area is 200 Å². The number of rotatable bonds is 5. The summed E-state index contributed by atoms with van der Waals surface area (Å²) in [7, 11) is 0. The van der Waals surface area contributed by atoms with Crippen LogP contribution in [0.1, 0.15) is 63.6 Å². The van der Waals surface area contributed by atoms with Gasteiger partial charge < -0.3 is 5.11 Å². The third-order valence-corrected chi connectivity index (χ3v) is 6.31. The lowest BCUT2D eigenvalue weighted by Crippen LogP contribution is -2.40. The summed E-state index contributed by atoms with van der Waals surface area (Å²) in [6.07, 6.45) is 4.59. The van der Waals surface area contributed by atoms with Crippen LogP contribution in [0.15, 0.2) is 60.8 Å². The summed E-state index contributed by atoms with van der Waals surface area (Å²) in [5.74, 6) is 0.150. The lowest BCUT2D eigenvalue weighted by atomic mass is 9.85. The van der Waals surface area contributed by atoms with E-state index in [0.29, 0.717) is 23.6 Å². The average Bonchev–Trinajstić information content (AvgIpc) is 2.82. The maximum atomic E-state index is 14.2. The number of amides is 1. The SMILES string of the molecule is CC(C)(C)C(=O)N(Cc1ccccc1)c1ncc(C2CCC(O)CC2)nc1-c1cccc(F)c1. The van der Waals surface area contributed by atoms with E-state index in [4.69, 9.17) is 9.97 Å². The molecule has 34 heavy (non-hydrogen) atoms. The molecule has 0 spiro atoms. The van der Waals surface area contributed by atoms with Crippen molar-refractivity contribution in [2.75, 3.05) is 4.90 Å². The molecule has 6 heteroatoms. The molecule has 3 aromatic rings. The molecule has 0 bridgehead atoms.